The van der Waals surface area contributed by atoms with Crippen LogP contribution >= 0.6 is 0 Å². The lowest BCUT2D eigenvalue weighted by molar-refractivity contribution is -0.126. The van der Waals surface area contributed by atoms with Crippen molar-refractivity contribution in [1.82, 2.24) is 19.8 Å². The van der Waals surface area contributed by atoms with Crippen LogP contribution in [0.2, 0.25) is 0 Å². The average molecular weight is 431 g/mol. The summed E-state index contributed by atoms with van der Waals surface area (Å²) >= 11 is 0. The summed E-state index contributed by atoms with van der Waals surface area (Å²) in [5.41, 5.74) is 4.01. The molecule has 6 heteroatoms. The molecule has 0 radical (unpaired) electrons. The van der Waals surface area contributed by atoms with Crippen molar-refractivity contribution in [1.29, 1.82) is 0 Å². The van der Waals surface area contributed by atoms with Crippen LogP contribution in [0, 0.1) is 19.8 Å². The van der Waals surface area contributed by atoms with Crippen LogP contribution in [0.5, 0.6) is 0 Å². The van der Waals surface area contributed by atoms with Crippen LogP contribution in [0.25, 0.3) is 0 Å². The molecule has 6 nitrogen and oxygen atoms in total. The quantitative estimate of drug-likeness (QED) is 0.648. The molecule has 0 aliphatic carbocycles. The molecule has 2 heterocycles. The van der Waals surface area contributed by atoms with Crippen LogP contribution in [-0.2, 0) is 17.9 Å². The van der Waals surface area contributed by atoms with Crippen LogP contribution in [0.1, 0.15) is 45.7 Å². The first-order valence-electron chi connectivity index (χ1n) is 11.2. The van der Waals surface area contributed by atoms with Crippen LogP contribution in [-0.4, -0.2) is 39.4 Å². The van der Waals surface area contributed by atoms with E-state index in [1.54, 1.807) is 6.20 Å². The van der Waals surface area contributed by atoms with Gasteiger partial charge in [-0.1, -0.05) is 42.5 Å². The molecule has 0 saturated carbocycles. The van der Waals surface area contributed by atoms with Crippen LogP contribution < -0.4 is 5.32 Å². The lowest BCUT2D eigenvalue weighted by Crippen LogP contribution is -2.43. The van der Waals surface area contributed by atoms with Crippen molar-refractivity contribution in [3.8, 4) is 0 Å². The van der Waals surface area contributed by atoms with Crippen LogP contribution in [0.3, 0.4) is 0 Å². The molecule has 0 bridgehead atoms. The van der Waals surface area contributed by atoms with Crippen LogP contribution in [0.15, 0.2) is 60.9 Å². The van der Waals surface area contributed by atoms with Gasteiger partial charge in [0.25, 0.3) is 5.91 Å². The minimum Gasteiger partial charge on any atom is -0.352 e. The largest absolute Gasteiger partial charge is 0.352 e. The molecule has 1 saturated heterocycles. The van der Waals surface area contributed by atoms with Gasteiger partial charge in [-0.05, 0) is 49.4 Å². The predicted octanol–water partition coefficient (Wildman–Crippen LogP) is 3.72. The van der Waals surface area contributed by atoms with Crippen molar-refractivity contribution >= 4 is 11.8 Å². The van der Waals surface area contributed by atoms with Gasteiger partial charge in [0, 0.05) is 50.1 Å². The Hall–Kier alpha value is -3.41. The third-order valence-corrected chi connectivity index (χ3v) is 6.26. The highest BCUT2D eigenvalue weighted by Crippen LogP contribution is 2.21. The van der Waals surface area contributed by atoms with Gasteiger partial charge in [-0.25, -0.2) is 4.98 Å². The average Bonchev–Trinajstić information content (AvgIpc) is 3.22. The number of rotatable bonds is 6. The number of nitrogens with zero attached hydrogens (tertiary/aromatic N) is 3. The molecule has 2 amide bonds. The summed E-state index contributed by atoms with van der Waals surface area (Å²) in [7, 11) is 0. The summed E-state index contributed by atoms with van der Waals surface area (Å²) in [4.78, 5) is 31.7. The number of amides is 2. The van der Waals surface area contributed by atoms with Crippen molar-refractivity contribution in [3.63, 3.8) is 0 Å². The second-order valence-corrected chi connectivity index (χ2v) is 8.52. The number of hydrogen-bond donors (Lipinski definition) is 1. The number of nitrogens with one attached hydrogen (secondary N) is 1. The summed E-state index contributed by atoms with van der Waals surface area (Å²) in [6, 6.07) is 15.9. The summed E-state index contributed by atoms with van der Waals surface area (Å²) in [5, 5.41) is 3.09. The molecule has 0 unspecified atom stereocenters. The molecule has 1 fully saturated rings. The number of carbonyl (C=O) groups excluding carboxylic acids is 2. The molecule has 166 valence electrons. The summed E-state index contributed by atoms with van der Waals surface area (Å²) in [5.74, 6) is 1.07. The van der Waals surface area contributed by atoms with Gasteiger partial charge in [0.2, 0.25) is 5.91 Å². The minimum atomic E-state index is -0.0484. The molecule has 0 spiro atoms. The number of aromatic nitrogens is 2. The highest BCUT2D eigenvalue weighted by Gasteiger charge is 2.28. The molecular weight excluding hydrogens is 400 g/mol. The molecule has 1 N–H and O–H groups in total. The number of likely N-dealkylation sites (tertiary alicyclic amines) is 1. The summed E-state index contributed by atoms with van der Waals surface area (Å²) in [6.45, 7) is 6.46. The van der Waals surface area contributed by atoms with E-state index < -0.39 is 0 Å². The monoisotopic (exact) mass is 430 g/mol. The lowest BCUT2D eigenvalue weighted by atomic mass is 9.95. The Bertz CT molecular complexity index is 1100. The van der Waals surface area contributed by atoms with Gasteiger partial charge in [-0.15, -0.1) is 0 Å². The standard InChI is InChI=1S/C26H30N4O2/c1-19-6-3-4-9-24(19)26(32)29-13-10-23(11-14-29)25(31)28-17-21-7-5-8-22(16-21)18-30-15-12-27-20(30)2/h3-9,12,15-16,23H,10-11,13-14,17-18H2,1-2H3,(H,28,31). The Balaban J connectivity index is 1.27. The van der Waals surface area contributed by atoms with E-state index in [1.807, 2.05) is 61.3 Å². The highest BCUT2D eigenvalue weighted by molar-refractivity contribution is 5.95. The predicted molar refractivity (Wildman–Crippen MR) is 124 cm³/mol. The minimum absolute atomic E-state index is 0.0484. The molecule has 1 aromatic heterocycles. The Morgan fingerprint density at radius 2 is 1.78 bits per heavy atom. The van der Waals surface area contributed by atoms with Gasteiger partial charge >= 0.3 is 0 Å². The third-order valence-electron chi connectivity index (χ3n) is 6.26. The van der Waals surface area contributed by atoms with Crippen molar-refractivity contribution in [2.24, 2.45) is 5.92 Å². The van der Waals surface area contributed by atoms with E-state index in [9.17, 15) is 9.59 Å². The number of benzene rings is 2. The maximum Gasteiger partial charge on any atom is 0.254 e. The maximum atomic E-state index is 12.8. The molecule has 1 aliphatic heterocycles. The zero-order valence-electron chi connectivity index (χ0n) is 18.8. The third kappa shape index (κ3) is 5.07. The second-order valence-electron chi connectivity index (χ2n) is 8.52. The number of imidazole rings is 1. The van der Waals surface area contributed by atoms with Gasteiger partial charge in [-0.3, -0.25) is 9.59 Å². The van der Waals surface area contributed by atoms with Crippen molar-refractivity contribution in [2.45, 2.75) is 39.8 Å². The van der Waals surface area contributed by atoms with Crippen LogP contribution in [0.4, 0.5) is 0 Å². The first kappa shape index (κ1) is 21.8. The lowest BCUT2D eigenvalue weighted by Gasteiger charge is -2.31. The van der Waals surface area contributed by atoms with Crippen molar-refractivity contribution in [3.05, 3.63) is 89.0 Å². The van der Waals surface area contributed by atoms with Crippen molar-refractivity contribution < 1.29 is 9.59 Å². The zero-order chi connectivity index (χ0) is 22.5. The first-order chi connectivity index (χ1) is 15.5. The number of hydrogen-bond acceptors (Lipinski definition) is 3. The van der Waals surface area contributed by atoms with Crippen molar-refractivity contribution in [2.75, 3.05) is 13.1 Å². The molecule has 3 aromatic rings. The van der Waals surface area contributed by atoms with Gasteiger partial charge in [0.05, 0.1) is 0 Å². The number of aryl methyl sites for hydroxylation is 2. The van der Waals surface area contributed by atoms with E-state index in [1.165, 1.54) is 5.56 Å². The summed E-state index contributed by atoms with van der Waals surface area (Å²) in [6.07, 6.45) is 5.17. The molecule has 32 heavy (non-hydrogen) atoms. The van der Waals surface area contributed by atoms with Gasteiger partial charge in [-0.2, -0.15) is 0 Å². The Labute approximate surface area is 189 Å². The van der Waals surface area contributed by atoms with E-state index in [0.29, 0.717) is 32.5 Å². The second kappa shape index (κ2) is 9.81. The molecule has 0 atom stereocenters. The Morgan fingerprint density at radius 1 is 1.03 bits per heavy atom. The summed E-state index contributed by atoms with van der Waals surface area (Å²) < 4.78 is 2.10. The van der Waals surface area contributed by atoms with E-state index >= 15 is 0 Å². The normalized spacial score (nSPS) is 14.4. The smallest absolute Gasteiger partial charge is 0.254 e. The Morgan fingerprint density at radius 3 is 2.50 bits per heavy atom. The zero-order valence-corrected chi connectivity index (χ0v) is 18.8. The molecule has 1 aliphatic rings. The fourth-order valence-corrected chi connectivity index (χ4v) is 4.27. The van der Waals surface area contributed by atoms with E-state index in [2.05, 4.69) is 27.0 Å². The fraction of sp³-hybridized carbons (Fsp3) is 0.346. The van der Waals surface area contributed by atoms with E-state index in [4.69, 9.17) is 0 Å². The molecular formula is C26H30N4O2. The highest BCUT2D eigenvalue weighted by atomic mass is 16.2. The molecule has 2 aromatic carbocycles. The number of piperidine rings is 1. The Kier molecular flexibility index (Phi) is 6.69. The number of carbonyl (C=O) groups is 2. The van der Waals surface area contributed by atoms with Gasteiger partial charge in [0.15, 0.2) is 0 Å². The maximum absolute atomic E-state index is 12.8. The van der Waals surface area contributed by atoms with Gasteiger partial charge < -0.3 is 14.8 Å². The topological polar surface area (TPSA) is 67.2 Å². The molecule has 4 rings (SSSR count). The fourth-order valence-electron chi connectivity index (χ4n) is 4.27. The van der Waals surface area contributed by atoms with Gasteiger partial charge in [0.1, 0.15) is 5.82 Å². The van der Waals surface area contributed by atoms with E-state index in [-0.39, 0.29) is 17.7 Å². The van der Waals surface area contributed by atoms with E-state index in [0.717, 1.165) is 29.1 Å². The first-order valence-corrected chi connectivity index (χ1v) is 11.2. The SMILES string of the molecule is Cc1ccccc1C(=O)N1CCC(C(=O)NCc2cccc(Cn3ccnc3C)c2)CC1.